The van der Waals surface area contributed by atoms with E-state index in [4.69, 9.17) is 4.74 Å². The SMILES string of the molecule is CCCCCCCCCCc1cnc(-c2ccc(OC(=O)C3CC=C(CCCCC(F)(F)C(F)(F)C(F)(F)C(F)(F)F)CC3)cc2)nc1. The van der Waals surface area contributed by atoms with Gasteiger partial charge in [-0.1, -0.05) is 63.5 Å². The van der Waals surface area contributed by atoms with Crippen molar-refractivity contribution in [2.45, 2.75) is 134 Å². The lowest BCUT2D eigenvalue weighted by molar-refractivity contribution is -0.396. The van der Waals surface area contributed by atoms with Gasteiger partial charge in [0.25, 0.3) is 0 Å². The predicted molar refractivity (Wildman–Crippen MR) is 164 cm³/mol. The number of halogens is 9. The molecular weight excluding hydrogens is 651 g/mol. The third-order valence-electron chi connectivity index (χ3n) is 8.64. The predicted octanol–water partition coefficient (Wildman–Crippen LogP) is 11.5. The van der Waals surface area contributed by atoms with E-state index in [0.717, 1.165) is 29.5 Å². The highest BCUT2D eigenvalue weighted by Gasteiger charge is 2.81. The van der Waals surface area contributed by atoms with Crippen molar-refractivity contribution in [2.75, 3.05) is 0 Å². The Bertz CT molecular complexity index is 1310. The molecule has 1 heterocycles. The van der Waals surface area contributed by atoms with Gasteiger partial charge in [0.1, 0.15) is 5.75 Å². The van der Waals surface area contributed by atoms with Crippen LogP contribution in [0.15, 0.2) is 48.3 Å². The second-order valence-corrected chi connectivity index (χ2v) is 12.5. The average molecular weight is 695 g/mol. The van der Waals surface area contributed by atoms with Gasteiger partial charge >= 0.3 is 29.9 Å². The second kappa shape index (κ2) is 17.5. The van der Waals surface area contributed by atoms with E-state index in [-0.39, 0.29) is 19.3 Å². The molecule has 2 aromatic rings. The van der Waals surface area contributed by atoms with Crippen LogP contribution in [0.2, 0.25) is 0 Å². The van der Waals surface area contributed by atoms with Crippen LogP contribution in [0.3, 0.4) is 0 Å². The molecule has 1 aliphatic carbocycles. The zero-order valence-corrected chi connectivity index (χ0v) is 27.0. The molecule has 0 N–H and O–H groups in total. The zero-order valence-electron chi connectivity index (χ0n) is 27.0. The standard InChI is InChI=1S/C35H43F9N2O2/c1-2-3-4-5-6-7-8-9-13-26-23-45-30(46-24-26)27-18-20-29(21-19-27)48-31(47)28-16-14-25(15-17-28)12-10-11-22-32(36,37)33(38,39)34(40,41)35(42,43)44/h14,18-21,23-24,28H,2-13,15-17,22H2,1H3. The molecule has 1 unspecified atom stereocenters. The van der Waals surface area contributed by atoms with Crippen molar-refractivity contribution in [3.8, 4) is 17.1 Å². The summed E-state index contributed by atoms with van der Waals surface area (Å²) < 4.78 is 123. The van der Waals surface area contributed by atoms with E-state index < -0.39 is 48.7 Å². The van der Waals surface area contributed by atoms with Gasteiger partial charge in [0.15, 0.2) is 5.82 Å². The average Bonchev–Trinajstić information content (AvgIpc) is 3.04. The highest BCUT2D eigenvalue weighted by atomic mass is 19.4. The molecular formula is C35H43F9N2O2. The van der Waals surface area contributed by atoms with Gasteiger partial charge < -0.3 is 4.74 Å². The van der Waals surface area contributed by atoms with Crippen LogP contribution < -0.4 is 4.74 Å². The van der Waals surface area contributed by atoms with Crippen LogP contribution in [0.4, 0.5) is 39.5 Å². The Morgan fingerprint density at radius 3 is 1.92 bits per heavy atom. The van der Waals surface area contributed by atoms with Gasteiger partial charge in [-0.2, -0.15) is 39.5 Å². The summed E-state index contributed by atoms with van der Waals surface area (Å²) in [5.41, 5.74) is 2.59. The van der Waals surface area contributed by atoms with Gasteiger partial charge in [-0.05, 0) is 81.2 Å². The lowest BCUT2D eigenvalue weighted by atomic mass is 9.87. The molecule has 1 aliphatic rings. The molecule has 0 radical (unpaired) electrons. The molecule has 0 bridgehead atoms. The van der Waals surface area contributed by atoms with Crippen molar-refractivity contribution in [1.82, 2.24) is 9.97 Å². The van der Waals surface area contributed by atoms with Gasteiger partial charge in [0.2, 0.25) is 0 Å². The van der Waals surface area contributed by atoms with Crippen molar-refractivity contribution < 1.29 is 49.0 Å². The molecule has 0 saturated carbocycles. The number of hydrogen-bond acceptors (Lipinski definition) is 4. The summed E-state index contributed by atoms with van der Waals surface area (Å²) in [4.78, 5) is 21.6. The number of benzene rings is 1. The Labute approximate surface area is 275 Å². The Morgan fingerprint density at radius 1 is 0.771 bits per heavy atom. The van der Waals surface area contributed by atoms with Crippen LogP contribution >= 0.6 is 0 Å². The largest absolute Gasteiger partial charge is 0.460 e. The first-order valence-electron chi connectivity index (χ1n) is 16.6. The summed E-state index contributed by atoms with van der Waals surface area (Å²) in [6.45, 7) is 2.21. The molecule has 1 atom stereocenters. The fourth-order valence-corrected chi connectivity index (χ4v) is 5.56. The van der Waals surface area contributed by atoms with Gasteiger partial charge in [0, 0.05) is 24.4 Å². The minimum Gasteiger partial charge on any atom is -0.426 e. The monoisotopic (exact) mass is 694 g/mol. The number of rotatable bonds is 19. The van der Waals surface area contributed by atoms with E-state index in [0.29, 0.717) is 24.4 Å². The number of allylic oxidation sites excluding steroid dienone is 2. The van der Waals surface area contributed by atoms with Gasteiger partial charge in [0.05, 0.1) is 5.92 Å². The van der Waals surface area contributed by atoms with E-state index in [1.165, 1.54) is 44.9 Å². The van der Waals surface area contributed by atoms with E-state index in [1.807, 2.05) is 12.4 Å². The Hall–Kier alpha value is -3.12. The summed E-state index contributed by atoms with van der Waals surface area (Å²) in [5.74, 6) is -19.1. The molecule has 268 valence electrons. The number of unbranched alkanes of at least 4 members (excludes halogenated alkanes) is 8. The summed E-state index contributed by atoms with van der Waals surface area (Å²) in [6, 6.07) is 6.77. The van der Waals surface area contributed by atoms with Crippen LogP contribution in [-0.2, 0) is 11.2 Å². The molecule has 0 spiro atoms. The lowest BCUT2D eigenvalue weighted by Crippen LogP contribution is -2.60. The first-order chi connectivity index (χ1) is 22.6. The highest BCUT2D eigenvalue weighted by molar-refractivity contribution is 5.75. The molecule has 0 aliphatic heterocycles. The smallest absolute Gasteiger partial charge is 0.426 e. The molecule has 13 heteroatoms. The number of aromatic nitrogens is 2. The number of alkyl halides is 9. The summed E-state index contributed by atoms with van der Waals surface area (Å²) in [7, 11) is 0. The van der Waals surface area contributed by atoms with Crippen molar-refractivity contribution in [3.63, 3.8) is 0 Å². The van der Waals surface area contributed by atoms with E-state index in [9.17, 15) is 44.3 Å². The second-order valence-electron chi connectivity index (χ2n) is 12.5. The minimum atomic E-state index is -6.87. The third-order valence-corrected chi connectivity index (χ3v) is 8.64. The van der Waals surface area contributed by atoms with Crippen molar-refractivity contribution in [3.05, 3.63) is 53.9 Å². The van der Waals surface area contributed by atoms with Crippen molar-refractivity contribution in [1.29, 1.82) is 0 Å². The summed E-state index contributed by atoms with van der Waals surface area (Å²) in [6.07, 6.45) is 8.04. The quantitative estimate of drug-likeness (QED) is 0.0483. The third kappa shape index (κ3) is 10.7. The Balaban J connectivity index is 1.38. The Morgan fingerprint density at radius 2 is 1.35 bits per heavy atom. The fourth-order valence-electron chi connectivity index (χ4n) is 5.56. The molecule has 3 rings (SSSR count). The van der Waals surface area contributed by atoms with Crippen LogP contribution in [0.1, 0.15) is 109 Å². The van der Waals surface area contributed by atoms with Crippen LogP contribution in [0, 0.1) is 5.92 Å². The van der Waals surface area contributed by atoms with Gasteiger partial charge in [-0.15, -0.1) is 0 Å². The molecule has 4 nitrogen and oxygen atoms in total. The molecule has 0 saturated heterocycles. The lowest BCUT2D eigenvalue weighted by Gasteiger charge is -2.33. The van der Waals surface area contributed by atoms with Crippen molar-refractivity contribution in [2.24, 2.45) is 5.92 Å². The number of nitrogens with zero attached hydrogens (tertiary/aromatic N) is 2. The van der Waals surface area contributed by atoms with E-state index in [1.54, 1.807) is 30.3 Å². The first-order valence-corrected chi connectivity index (χ1v) is 16.6. The minimum absolute atomic E-state index is 0.123. The first kappa shape index (κ1) is 39.3. The zero-order chi connectivity index (χ0) is 35.4. The molecule has 1 aromatic heterocycles. The Kier molecular flexibility index (Phi) is 14.3. The number of carbonyl (C=O) groups excluding carboxylic acids is 1. The van der Waals surface area contributed by atoms with Crippen LogP contribution in [0.25, 0.3) is 11.4 Å². The van der Waals surface area contributed by atoms with Crippen molar-refractivity contribution >= 4 is 5.97 Å². The number of hydrogen-bond donors (Lipinski definition) is 0. The molecule has 0 amide bonds. The fraction of sp³-hybridized carbons (Fsp3) is 0.629. The summed E-state index contributed by atoms with van der Waals surface area (Å²) in [5, 5.41) is 0. The van der Waals surface area contributed by atoms with Gasteiger partial charge in [-0.25, -0.2) is 9.97 Å². The highest BCUT2D eigenvalue weighted by Crippen LogP contribution is 2.54. The maximum absolute atomic E-state index is 13.7. The molecule has 0 fully saturated rings. The van der Waals surface area contributed by atoms with Gasteiger partial charge in [-0.3, -0.25) is 4.79 Å². The maximum atomic E-state index is 13.7. The van der Waals surface area contributed by atoms with Crippen LogP contribution in [0.5, 0.6) is 5.75 Å². The van der Waals surface area contributed by atoms with E-state index >= 15 is 0 Å². The number of esters is 1. The van der Waals surface area contributed by atoms with Crippen LogP contribution in [-0.4, -0.2) is 39.9 Å². The normalized spacial score (nSPS) is 16.1. The molecule has 48 heavy (non-hydrogen) atoms. The number of carbonyl (C=O) groups is 1. The molecule has 1 aromatic carbocycles. The van der Waals surface area contributed by atoms with E-state index in [2.05, 4.69) is 16.9 Å². The topological polar surface area (TPSA) is 52.1 Å². The summed E-state index contributed by atoms with van der Waals surface area (Å²) >= 11 is 0. The number of ether oxygens (including phenoxy) is 1. The maximum Gasteiger partial charge on any atom is 0.460 e. The number of aryl methyl sites for hydroxylation is 1.